The highest BCUT2D eigenvalue weighted by atomic mass is 32.2. The molecule has 0 bridgehead atoms. The van der Waals surface area contributed by atoms with Crippen molar-refractivity contribution in [3.8, 4) is 0 Å². The standard InChI is InChI=1S/C7H14O3S/c1-4-10-7(8)5-11(9)6(2)3/h6H,4-5H2,1-3H3. The molecule has 0 saturated heterocycles. The van der Waals surface area contributed by atoms with Crippen LogP contribution in [0.25, 0.3) is 0 Å². The van der Waals surface area contributed by atoms with E-state index in [0.717, 1.165) is 0 Å². The molecule has 4 heteroatoms. The van der Waals surface area contributed by atoms with Crippen molar-refractivity contribution in [2.24, 2.45) is 0 Å². The molecule has 0 aromatic heterocycles. The molecular weight excluding hydrogens is 164 g/mol. The monoisotopic (exact) mass is 178 g/mol. The smallest absolute Gasteiger partial charge is 0.318 e. The lowest BCUT2D eigenvalue weighted by Gasteiger charge is -2.03. The molecular formula is C7H14O3S. The van der Waals surface area contributed by atoms with Gasteiger partial charge in [-0.15, -0.1) is 0 Å². The van der Waals surface area contributed by atoms with Gasteiger partial charge in [-0.3, -0.25) is 9.00 Å². The summed E-state index contributed by atoms with van der Waals surface area (Å²) in [6.45, 7) is 5.72. The second-order valence-electron chi connectivity index (χ2n) is 2.38. The maximum Gasteiger partial charge on any atom is 0.318 e. The molecule has 0 saturated carbocycles. The summed E-state index contributed by atoms with van der Waals surface area (Å²) in [4.78, 5) is 10.7. The van der Waals surface area contributed by atoms with Gasteiger partial charge in [-0.2, -0.15) is 0 Å². The van der Waals surface area contributed by atoms with Gasteiger partial charge in [-0.05, 0) is 6.92 Å². The first-order chi connectivity index (χ1) is 5.07. The lowest BCUT2D eigenvalue weighted by molar-refractivity contribution is -0.139. The van der Waals surface area contributed by atoms with E-state index in [0.29, 0.717) is 6.61 Å². The molecule has 0 amide bonds. The van der Waals surface area contributed by atoms with Crippen LogP contribution < -0.4 is 0 Å². The van der Waals surface area contributed by atoms with Crippen molar-refractivity contribution in [2.45, 2.75) is 26.0 Å². The normalized spacial score (nSPS) is 13.1. The van der Waals surface area contributed by atoms with Crippen LogP contribution in [-0.4, -0.2) is 27.8 Å². The largest absolute Gasteiger partial charge is 0.465 e. The van der Waals surface area contributed by atoms with Crippen LogP contribution in [0.5, 0.6) is 0 Å². The van der Waals surface area contributed by atoms with Gasteiger partial charge in [0.1, 0.15) is 5.75 Å². The van der Waals surface area contributed by atoms with Crippen LogP contribution in [0.3, 0.4) is 0 Å². The Morgan fingerprint density at radius 2 is 2.09 bits per heavy atom. The molecule has 66 valence electrons. The van der Waals surface area contributed by atoms with Gasteiger partial charge in [0, 0.05) is 16.0 Å². The third-order valence-corrected chi connectivity index (χ3v) is 2.66. The van der Waals surface area contributed by atoms with Crippen molar-refractivity contribution in [1.82, 2.24) is 0 Å². The van der Waals surface area contributed by atoms with Crippen molar-refractivity contribution in [3.05, 3.63) is 0 Å². The number of ether oxygens (including phenoxy) is 1. The number of hydrogen-bond donors (Lipinski definition) is 0. The number of hydrogen-bond acceptors (Lipinski definition) is 3. The molecule has 3 nitrogen and oxygen atoms in total. The van der Waals surface area contributed by atoms with Crippen molar-refractivity contribution in [1.29, 1.82) is 0 Å². The minimum Gasteiger partial charge on any atom is -0.465 e. The molecule has 0 fully saturated rings. The zero-order chi connectivity index (χ0) is 8.85. The summed E-state index contributed by atoms with van der Waals surface area (Å²) in [5.74, 6) is -0.356. The fourth-order valence-electron chi connectivity index (χ4n) is 0.485. The Balaban J connectivity index is 3.67. The Kier molecular flexibility index (Phi) is 5.11. The Morgan fingerprint density at radius 3 is 2.45 bits per heavy atom. The first-order valence-corrected chi connectivity index (χ1v) is 4.99. The van der Waals surface area contributed by atoms with Gasteiger partial charge in [0.05, 0.1) is 6.61 Å². The van der Waals surface area contributed by atoms with E-state index in [1.54, 1.807) is 6.92 Å². The molecule has 0 rings (SSSR count). The Labute approximate surface area is 69.6 Å². The summed E-state index contributed by atoms with van der Waals surface area (Å²) in [6, 6.07) is 0. The number of esters is 1. The molecule has 0 spiro atoms. The molecule has 1 unspecified atom stereocenters. The average Bonchev–Trinajstić information content (AvgIpc) is 1.87. The molecule has 0 aliphatic carbocycles. The molecule has 0 aliphatic heterocycles. The molecule has 0 radical (unpaired) electrons. The van der Waals surface area contributed by atoms with Crippen molar-refractivity contribution in [2.75, 3.05) is 12.4 Å². The topological polar surface area (TPSA) is 43.4 Å². The highest BCUT2D eigenvalue weighted by Crippen LogP contribution is 1.94. The molecule has 0 aliphatic rings. The van der Waals surface area contributed by atoms with Gasteiger partial charge < -0.3 is 4.74 Å². The van der Waals surface area contributed by atoms with Gasteiger partial charge in [0.15, 0.2) is 0 Å². The fourth-order valence-corrected chi connectivity index (χ4v) is 1.13. The van der Waals surface area contributed by atoms with Gasteiger partial charge in [0.25, 0.3) is 0 Å². The van der Waals surface area contributed by atoms with Crippen LogP contribution in [0.15, 0.2) is 0 Å². The van der Waals surface area contributed by atoms with Crippen LogP contribution in [0.1, 0.15) is 20.8 Å². The van der Waals surface area contributed by atoms with E-state index in [1.165, 1.54) is 0 Å². The second-order valence-corrected chi connectivity index (χ2v) is 4.37. The Morgan fingerprint density at radius 1 is 1.55 bits per heavy atom. The van der Waals surface area contributed by atoms with Gasteiger partial charge >= 0.3 is 5.97 Å². The predicted molar refractivity (Wildman–Crippen MR) is 44.8 cm³/mol. The molecule has 0 N–H and O–H groups in total. The lowest BCUT2D eigenvalue weighted by atomic mass is 10.6. The molecule has 0 heterocycles. The fraction of sp³-hybridized carbons (Fsp3) is 0.857. The predicted octanol–water partition coefficient (Wildman–Crippen LogP) is 0.707. The SMILES string of the molecule is CCOC(=O)CS(=O)C(C)C. The van der Waals surface area contributed by atoms with Crippen LogP contribution in [-0.2, 0) is 20.3 Å². The van der Waals surface area contributed by atoms with E-state index in [-0.39, 0.29) is 17.0 Å². The third kappa shape index (κ3) is 4.95. The zero-order valence-corrected chi connectivity index (χ0v) is 7.94. The van der Waals surface area contributed by atoms with Crippen molar-refractivity contribution < 1.29 is 13.7 Å². The maximum atomic E-state index is 11.0. The first-order valence-electron chi connectivity index (χ1n) is 3.60. The summed E-state index contributed by atoms with van der Waals surface area (Å²) in [5.41, 5.74) is 0. The Hall–Kier alpha value is -0.380. The van der Waals surface area contributed by atoms with Gasteiger partial charge in [-0.25, -0.2) is 0 Å². The third-order valence-electron chi connectivity index (χ3n) is 1.09. The van der Waals surface area contributed by atoms with Crippen LogP contribution in [0, 0.1) is 0 Å². The summed E-state index contributed by atoms with van der Waals surface area (Å²) in [5, 5.41) is 0.0272. The van der Waals surface area contributed by atoms with Crippen molar-refractivity contribution in [3.63, 3.8) is 0 Å². The average molecular weight is 178 g/mol. The summed E-state index contributed by atoms with van der Waals surface area (Å²) < 4.78 is 15.7. The number of rotatable bonds is 4. The van der Waals surface area contributed by atoms with Crippen LogP contribution in [0.4, 0.5) is 0 Å². The summed E-state index contributed by atoms with van der Waals surface area (Å²) in [6.07, 6.45) is 0. The van der Waals surface area contributed by atoms with E-state index in [1.807, 2.05) is 13.8 Å². The van der Waals surface area contributed by atoms with E-state index in [9.17, 15) is 9.00 Å². The Bertz CT molecular complexity index is 154. The second kappa shape index (κ2) is 5.29. The van der Waals surface area contributed by atoms with E-state index >= 15 is 0 Å². The van der Waals surface area contributed by atoms with E-state index < -0.39 is 10.8 Å². The van der Waals surface area contributed by atoms with Crippen LogP contribution >= 0.6 is 0 Å². The quantitative estimate of drug-likeness (QED) is 0.595. The summed E-state index contributed by atoms with van der Waals surface area (Å²) >= 11 is 0. The van der Waals surface area contributed by atoms with Gasteiger partial charge in [-0.1, -0.05) is 13.8 Å². The minimum atomic E-state index is -1.08. The minimum absolute atomic E-state index is 0.0194. The van der Waals surface area contributed by atoms with E-state index in [2.05, 4.69) is 4.74 Å². The number of carbonyl (C=O) groups is 1. The first kappa shape index (κ1) is 10.6. The number of carbonyl (C=O) groups excluding carboxylic acids is 1. The van der Waals surface area contributed by atoms with Crippen LogP contribution in [0.2, 0.25) is 0 Å². The van der Waals surface area contributed by atoms with Gasteiger partial charge in [0.2, 0.25) is 0 Å². The van der Waals surface area contributed by atoms with Crippen molar-refractivity contribution >= 4 is 16.8 Å². The maximum absolute atomic E-state index is 11.0. The lowest BCUT2D eigenvalue weighted by Crippen LogP contribution is -2.19. The molecule has 1 atom stereocenters. The molecule has 0 aromatic rings. The zero-order valence-electron chi connectivity index (χ0n) is 7.12. The van der Waals surface area contributed by atoms with E-state index in [4.69, 9.17) is 0 Å². The summed E-state index contributed by atoms with van der Waals surface area (Å²) in [7, 11) is -1.08. The molecule has 11 heavy (non-hydrogen) atoms. The highest BCUT2D eigenvalue weighted by Gasteiger charge is 2.11. The molecule has 0 aromatic carbocycles. The highest BCUT2D eigenvalue weighted by molar-refractivity contribution is 7.86.